The van der Waals surface area contributed by atoms with E-state index in [2.05, 4.69) is 6.58 Å². The topological polar surface area (TPSA) is 37.3 Å². The summed E-state index contributed by atoms with van der Waals surface area (Å²) in [4.78, 5) is 10.7. The highest BCUT2D eigenvalue weighted by molar-refractivity contribution is 5.87. The fourth-order valence-corrected chi connectivity index (χ4v) is 1.07. The zero-order valence-electron chi connectivity index (χ0n) is 8.79. The van der Waals surface area contributed by atoms with E-state index in [0.29, 0.717) is 5.57 Å². The Morgan fingerprint density at radius 2 is 1.92 bits per heavy atom. The van der Waals surface area contributed by atoms with Gasteiger partial charge in [-0.05, 0) is 37.5 Å². The Kier molecular flexibility index (Phi) is 4.08. The van der Waals surface area contributed by atoms with Crippen molar-refractivity contribution in [3.05, 3.63) is 24.3 Å². The molecule has 0 spiro atoms. The van der Waals surface area contributed by atoms with Crippen LogP contribution in [0.15, 0.2) is 24.3 Å². The van der Waals surface area contributed by atoms with Crippen LogP contribution in [0.5, 0.6) is 0 Å². The molecule has 74 valence electrons. The first kappa shape index (κ1) is 12.1. The fraction of sp³-hybridized carbons (Fsp3) is 0.545. The van der Waals surface area contributed by atoms with E-state index in [1.54, 1.807) is 6.92 Å². The molecule has 1 N–H and O–H groups in total. The third-order valence-electron chi connectivity index (χ3n) is 2.14. The van der Waals surface area contributed by atoms with Crippen LogP contribution in [0.25, 0.3) is 0 Å². The van der Waals surface area contributed by atoms with Crippen LogP contribution in [0.2, 0.25) is 0 Å². The van der Waals surface area contributed by atoms with Gasteiger partial charge < -0.3 is 5.11 Å². The molecule has 1 atom stereocenters. The lowest BCUT2D eigenvalue weighted by Gasteiger charge is -2.29. The summed E-state index contributed by atoms with van der Waals surface area (Å²) in [5.41, 5.74) is -0.411. The predicted octanol–water partition coefficient (Wildman–Crippen LogP) is 2.09. The number of ketones is 1. The molecule has 0 amide bonds. The monoisotopic (exact) mass is 182 g/mol. The van der Waals surface area contributed by atoms with Crippen molar-refractivity contribution in [3.8, 4) is 0 Å². The normalized spacial score (nSPS) is 16.2. The van der Waals surface area contributed by atoms with Gasteiger partial charge in [-0.3, -0.25) is 4.79 Å². The molecule has 0 aromatic heterocycles. The van der Waals surface area contributed by atoms with Crippen LogP contribution < -0.4 is 0 Å². The summed E-state index contributed by atoms with van der Waals surface area (Å²) >= 11 is 0. The maximum Gasteiger partial charge on any atom is 0.152 e. The highest BCUT2D eigenvalue weighted by Crippen LogP contribution is 2.25. The van der Waals surface area contributed by atoms with Crippen molar-refractivity contribution in [3.63, 3.8) is 0 Å². The van der Waals surface area contributed by atoms with Crippen LogP contribution in [0.1, 0.15) is 27.7 Å². The van der Waals surface area contributed by atoms with Crippen molar-refractivity contribution in [2.45, 2.75) is 33.3 Å². The SMILES string of the molecule is C=C(C)C(O)(/C=C/C(C)=O)C(C)C. The van der Waals surface area contributed by atoms with Crippen molar-refractivity contribution >= 4 is 5.78 Å². The molecule has 2 nitrogen and oxygen atoms in total. The first-order valence-corrected chi connectivity index (χ1v) is 4.39. The first-order chi connectivity index (χ1) is 5.80. The Morgan fingerprint density at radius 3 is 2.15 bits per heavy atom. The lowest BCUT2D eigenvalue weighted by molar-refractivity contribution is -0.112. The van der Waals surface area contributed by atoms with E-state index in [0.717, 1.165) is 0 Å². The molecule has 0 saturated heterocycles. The summed E-state index contributed by atoms with van der Waals surface area (Å²) in [6.45, 7) is 10.7. The molecule has 0 aliphatic carbocycles. The fourth-order valence-electron chi connectivity index (χ4n) is 1.07. The van der Waals surface area contributed by atoms with Crippen molar-refractivity contribution in [1.82, 2.24) is 0 Å². The van der Waals surface area contributed by atoms with Gasteiger partial charge in [-0.1, -0.05) is 20.4 Å². The predicted molar refractivity (Wildman–Crippen MR) is 54.4 cm³/mol. The quantitative estimate of drug-likeness (QED) is 0.534. The Balaban J connectivity index is 4.82. The summed E-state index contributed by atoms with van der Waals surface area (Å²) < 4.78 is 0. The standard InChI is InChI=1S/C11H18O2/c1-8(2)11(13,9(3)4)7-6-10(5)12/h6-7,9,13H,1H2,2-5H3/b7-6+. The van der Waals surface area contributed by atoms with Crippen LogP contribution >= 0.6 is 0 Å². The number of carbonyl (C=O) groups excluding carboxylic acids is 1. The Morgan fingerprint density at radius 1 is 1.46 bits per heavy atom. The van der Waals surface area contributed by atoms with Crippen LogP contribution in [0.3, 0.4) is 0 Å². The zero-order chi connectivity index (χ0) is 10.6. The maximum atomic E-state index is 10.7. The number of rotatable bonds is 4. The molecular weight excluding hydrogens is 164 g/mol. The second-order valence-electron chi connectivity index (χ2n) is 3.70. The maximum absolute atomic E-state index is 10.7. The van der Waals surface area contributed by atoms with Crippen molar-refractivity contribution < 1.29 is 9.90 Å². The third-order valence-corrected chi connectivity index (χ3v) is 2.14. The molecule has 0 fully saturated rings. The molecule has 13 heavy (non-hydrogen) atoms. The molecule has 0 rings (SSSR count). The molecule has 0 aromatic carbocycles. The van der Waals surface area contributed by atoms with Gasteiger partial charge in [-0.15, -0.1) is 0 Å². The smallest absolute Gasteiger partial charge is 0.152 e. The number of allylic oxidation sites excluding steroid dienone is 1. The summed E-state index contributed by atoms with van der Waals surface area (Å²) in [6, 6.07) is 0. The molecule has 0 aromatic rings. The van der Waals surface area contributed by atoms with E-state index in [9.17, 15) is 9.90 Å². The van der Waals surface area contributed by atoms with E-state index in [4.69, 9.17) is 0 Å². The molecular formula is C11H18O2. The minimum Gasteiger partial charge on any atom is -0.381 e. The van der Waals surface area contributed by atoms with Gasteiger partial charge in [0.1, 0.15) is 5.60 Å². The second-order valence-corrected chi connectivity index (χ2v) is 3.70. The highest BCUT2D eigenvalue weighted by Gasteiger charge is 2.28. The molecule has 0 aliphatic rings. The van der Waals surface area contributed by atoms with Gasteiger partial charge >= 0.3 is 0 Å². The molecule has 0 radical (unpaired) electrons. The average Bonchev–Trinajstić information content (AvgIpc) is 1.99. The Hall–Kier alpha value is -0.890. The van der Waals surface area contributed by atoms with Gasteiger partial charge in [0.05, 0.1) is 0 Å². The van der Waals surface area contributed by atoms with Crippen LogP contribution in [-0.2, 0) is 4.79 Å². The van der Waals surface area contributed by atoms with Gasteiger partial charge in [-0.2, -0.15) is 0 Å². The van der Waals surface area contributed by atoms with Gasteiger partial charge in [0.15, 0.2) is 5.78 Å². The number of hydrogen-bond donors (Lipinski definition) is 1. The van der Waals surface area contributed by atoms with Crippen molar-refractivity contribution in [2.75, 3.05) is 0 Å². The minimum absolute atomic E-state index is 0.0144. The van der Waals surface area contributed by atoms with E-state index >= 15 is 0 Å². The summed E-state index contributed by atoms with van der Waals surface area (Å²) in [6.07, 6.45) is 2.90. The number of hydrogen-bond acceptors (Lipinski definition) is 2. The van der Waals surface area contributed by atoms with Gasteiger partial charge in [0, 0.05) is 0 Å². The van der Waals surface area contributed by atoms with Gasteiger partial charge in [0.25, 0.3) is 0 Å². The van der Waals surface area contributed by atoms with Crippen LogP contribution in [-0.4, -0.2) is 16.5 Å². The van der Waals surface area contributed by atoms with Crippen LogP contribution in [0, 0.1) is 5.92 Å². The van der Waals surface area contributed by atoms with E-state index in [1.165, 1.54) is 19.1 Å². The zero-order valence-corrected chi connectivity index (χ0v) is 8.79. The van der Waals surface area contributed by atoms with E-state index in [1.807, 2.05) is 13.8 Å². The Labute approximate surface area is 80.0 Å². The highest BCUT2D eigenvalue weighted by atomic mass is 16.3. The molecule has 1 unspecified atom stereocenters. The largest absolute Gasteiger partial charge is 0.381 e. The lowest BCUT2D eigenvalue weighted by Crippen LogP contribution is -2.33. The first-order valence-electron chi connectivity index (χ1n) is 4.39. The van der Waals surface area contributed by atoms with Crippen molar-refractivity contribution in [1.29, 1.82) is 0 Å². The molecule has 0 heterocycles. The van der Waals surface area contributed by atoms with Gasteiger partial charge in [-0.25, -0.2) is 0 Å². The minimum atomic E-state index is -1.06. The average molecular weight is 182 g/mol. The summed E-state index contributed by atoms with van der Waals surface area (Å²) in [7, 11) is 0. The number of carbonyl (C=O) groups is 1. The van der Waals surface area contributed by atoms with E-state index < -0.39 is 5.60 Å². The second kappa shape index (κ2) is 4.38. The molecule has 2 heteroatoms. The van der Waals surface area contributed by atoms with Gasteiger partial charge in [0.2, 0.25) is 0 Å². The summed E-state index contributed by atoms with van der Waals surface area (Å²) in [5, 5.41) is 10.1. The third kappa shape index (κ3) is 3.15. The van der Waals surface area contributed by atoms with Crippen LogP contribution in [0.4, 0.5) is 0 Å². The Bertz CT molecular complexity index is 238. The van der Waals surface area contributed by atoms with E-state index in [-0.39, 0.29) is 11.7 Å². The summed E-state index contributed by atoms with van der Waals surface area (Å²) in [5.74, 6) is -0.0547. The molecule has 0 saturated carbocycles. The molecule has 0 bridgehead atoms. The number of aliphatic hydroxyl groups is 1. The molecule has 0 aliphatic heterocycles. The van der Waals surface area contributed by atoms with Crippen molar-refractivity contribution in [2.24, 2.45) is 5.92 Å². The lowest BCUT2D eigenvalue weighted by atomic mass is 9.84.